The fourth-order valence-electron chi connectivity index (χ4n) is 5.60. The van der Waals surface area contributed by atoms with E-state index in [1.165, 1.54) is 0 Å². The molecule has 8 nitrogen and oxygen atoms in total. The zero-order chi connectivity index (χ0) is 25.5. The molecular weight excluding hydrogens is 462 g/mol. The molecule has 3 aliphatic heterocycles. The molecule has 0 unspecified atom stereocenters. The Labute approximate surface area is 212 Å². The summed E-state index contributed by atoms with van der Waals surface area (Å²) >= 11 is 0. The number of fused-ring (bicyclic) bond motifs is 3. The van der Waals surface area contributed by atoms with Crippen molar-refractivity contribution in [3.8, 4) is 0 Å². The van der Waals surface area contributed by atoms with Crippen molar-refractivity contribution in [2.24, 2.45) is 0 Å². The maximum atomic E-state index is 11.2. The van der Waals surface area contributed by atoms with Gasteiger partial charge in [0.2, 0.25) is 0 Å². The smallest absolute Gasteiger partial charge is 0.190 e. The molecule has 3 saturated heterocycles. The maximum Gasteiger partial charge on any atom is 0.190 e. The predicted octanol–water partition coefficient (Wildman–Crippen LogP) is 2.81. The molecule has 0 saturated carbocycles. The molecule has 3 fully saturated rings. The van der Waals surface area contributed by atoms with Crippen LogP contribution >= 0.6 is 0 Å². The van der Waals surface area contributed by atoms with Crippen molar-refractivity contribution in [1.82, 2.24) is 4.90 Å². The van der Waals surface area contributed by atoms with Crippen LogP contribution in [0.4, 0.5) is 0 Å². The number of aliphatic hydroxyl groups is 2. The Kier molecular flexibility index (Phi) is 7.24. The van der Waals surface area contributed by atoms with Crippen LogP contribution in [-0.2, 0) is 36.8 Å². The molecule has 0 spiro atoms. The highest BCUT2D eigenvalue weighted by Crippen LogP contribution is 2.45. The molecule has 0 aromatic heterocycles. The van der Waals surface area contributed by atoms with E-state index < -0.39 is 61.0 Å². The van der Waals surface area contributed by atoms with E-state index in [4.69, 9.17) is 23.7 Å². The molecule has 36 heavy (non-hydrogen) atoms. The number of nitrogens with zero attached hydrogens (tertiary/aromatic N) is 1. The molecule has 0 aliphatic carbocycles. The quantitative estimate of drug-likeness (QED) is 0.573. The summed E-state index contributed by atoms with van der Waals surface area (Å²) in [6, 6.07) is 19.5. The van der Waals surface area contributed by atoms with E-state index in [0.717, 1.165) is 11.1 Å². The normalized spacial score (nSPS) is 32.1. The zero-order valence-electron chi connectivity index (χ0n) is 21.3. The highest BCUT2D eigenvalue weighted by atomic mass is 16.9. The molecule has 3 aliphatic rings. The summed E-state index contributed by atoms with van der Waals surface area (Å²) in [4.78, 5) is 2.14. The van der Waals surface area contributed by atoms with E-state index in [0.29, 0.717) is 13.1 Å². The van der Waals surface area contributed by atoms with Crippen LogP contribution in [0.5, 0.6) is 0 Å². The van der Waals surface area contributed by atoms with Gasteiger partial charge in [-0.1, -0.05) is 60.7 Å². The van der Waals surface area contributed by atoms with Gasteiger partial charge in [0.05, 0.1) is 18.8 Å². The van der Waals surface area contributed by atoms with Crippen LogP contribution in [0.15, 0.2) is 60.7 Å². The second kappa shape index (κ2) is 10.1. The van der Waals surface area contributed by atoms with Gasteiger partial charge in [0.15, 0.2) is 17.9 Å². The first-order chi connectivity index (χ1) is 17.2. The molecule has 3 heterocycles. The van der Waals surface area contributed by atoms with Crippen molar-refractivity contribution < 1.29 is 33.9 Å². The number of benzene rings is 2. The summed E-state index contributed by atoms with van der Waals surface area (Å²) in [5, 5.41) is 21.4. The second-order valence-electron chi connectivity index (χ2n) is 10.8. The fourth-order valence-corrected chi connectivity index (χ4v) is 5.60. The molecule has 2 aromatic carbocycles. The molecule has 7 atom stereocenters. The van der Waals surface area contributed by atoms with E-state index in [9.17, 15) is 10.2 Å². The van der Waals surface area contributed by atoms with Crippen LogP contribution in [0.1, 0.15) is 38.8 Å². The van der Waals surface area contributed by atoms with Gasteiger partial charge in [0, 0.05) is 13.1 Å². The van der Waals surface area contributed by atoms with Crippen LogP contribution in [0.25, 0.3) is 0 Å². The van der Waals surface area contributed by atoms with Gasteiger partial charge in [-0.05, 0) is 38.8 Å². The van der Waals surface area contributed by atoms with Crippen LogP contribution < -0.4 is 0 Å². The van der Waals surface area contributed by atoms with Crippen molar-refractivity contribution in [1.29, 1.82) is 0 Å². The van der Waals surface area contributed by atoms with Crippen molar-refractivity contribution in [3.05, 3.63) is 71.8 Å². The van der Waals surface area contributed by atoms with Crippen molar-refractivity contribution in [2.45, 2.75) is 95.2 Å². The number of ether oxygens (including phenoxy) is 5. The lowest BCUT2D eigenvalue weighted by molar-refractivity contribution is -0.255. The second-order valence-corrected chi connectivity index (χ2v) is 10.8. The minimum Gasteiger partial charge on any atom is -0.394 e. The summed E-state index contributed by atoms with van der Waals surface area (Å²) in [5.41, 5.74) is 2.17. The number of rotatable bonds is 8. The first-order valence-corrected chi connectivity index (χ1v) is 12.6. The molecule has 196 valence electrons. The lowest BCUT2D eigenvalue weighted by Crippen LogP contribution is -2.64. The Morgan fingerprint density at radius 1 is 0.750 bits per heavy atom. The Hall–Kier alpha value is -1.88. The molecule has 8 heteroatoms. The molecule has 5 rings (SSSR count). The Bertz CT molecular complexity index is 960. The average Bonchev–Trinajstić information content (AvgIpc) is 3.34. The lowest BCUT2D eigenvalue weighted by Gasteiger charge is -2.46. The largest absolute Gasteiger partial charge is 0.394 e. The average molecular weight is 500 g/mol. The molecule has 0 bridgehead atoms. The van der Waals surface area contributed by atoms with Gasteiger partial charge in [-0.3, -0.25) is 4.90 Å². The number of hydrogen-bond donors (Lipinski definition) is 2. The molecule has 0 radical (unpaired) electrons. The van der Waals surface area contributed by atoms with E-state index in [-0.39, 0.29) is 0 Å². The molecular formula is C28H37NO7. The predicted molar refractivity (Wildman–Crippen MR) is 132 cm³/mol. The minimum atomic E-state index is -1.10. The summed E-state index contributed by atoms with van der Waals surface area (Å²) in [6.07, 6.45) is -3.88. The SMILES string of the molecule is CC1(C)O[C@@H]2[C@H](O1)[C@H]1OC(C)(C)O[C@H]1O[C@@H]2[C@@H]([C@H](O)CO)N(Cc1ccccc1)Cc1ccccc1. The summed E-state index contributed by atoms with van der Waals surface area (Å²) in [5.74, 6) is -1.70. The number of hydrogen-bond acceptors (Lipinski definition) is 8. The standard InChI is InChI=1S/C28H37NO7/c1-27(2)33-23-22(32-26-25(24(23)34-27)35-28(3,4)36-26)21(20(31)17-30)29(15-18-11-7-5-8-12-18)16-19-13-9-6-10-14-19/h5-14,20-26,30-31H,15-17H2,1-4H3/t20-,21-,22-,23+,24+,25-,26-/m1/s1. The minimum absolute atomic E-state index is 0.427. The monoisotopic (exact) mass is 499 g/mol. The van der Waals surface area contributed by atoms with Crippen LogP contribution in [0.3, 0.4) is 0 Å². The van der Waals surface area contributed by atoms with Crippen molar-refractivity contribution in [3.63, 3.8) is 0 Å². The van der Waals surface area contributed by atoms with Gasteiger partial charge in [-0.2, -0.15) is 0 Å². The Balaban J connectivity index is 1.52. The zero-order valence-corrected chi connectivity index (χ0v) is 21.3. The highest BCUT2D eigenvalue weighted by Gasteiger charge is 2.62. The van der Waals surface area contributed by atoms with Crippen LogP contribution in [0.2, 0.25) is 0 Å². The van der Waals surface area contributed by atoms with Gasteiger partial charge in [0.1, 0.15) is 24.4 Å². The summed E-state index contributed by atoms with van der Waals surface area (Å²) < 4.78 is 31.4. The molecule has 0 amide bonds. The third-order valence-electron chi connectivity index (χ3n) is 6.99. The number of aliphatic hydroxyl groups excluding tert-OH is 2. The maximum absolute atomic E-state index is 11.2. The van der Waals surface area contributed by atoms with Crippen molar-refractivity contribution in [2.75, 3.05) is 6.61 Å². The first kappa shape index (κ1) is 25.8. The first-order valence-electron chi connectivity index (χ1n) is 12.6. The lowest BCUT2D eigenvalue weighted by atomic mass is 9.90. The summed E-state index contributed by atoms with van der Waals surface area (Å²) in [6.45, 7) is 8.06. The van der Waals surface area contributed by atoms with E-state index in [1.54, 1.807) is 0 Å². The fraction of sp³-hybridized carbons (Fsp3) is 0.571. The molecule has 2 N–H and O–H groups in total. The van der Waals surface area contributed by atoms with Gasteiger partial charge < -0.3 is 33.9 Å². The van der Waals surface area contributed by atoms with Gasteiger partial charge in [-0.25, -0.2) is 0 Å². The van der Waals surface area contributed by atoms with E-state index >= 15 is 0 Å². The third-order valence-corrected chi connectivity index (χ3v) is 6.99. The Morgan fingerprint density at radius 3 is 1.81 bits per heavy atom. The van der Waals surface area contributed by atoms with Gasteiger partial charge in [0.25, 0.3) is 0 Å². The van der Waals surface area contributed by atoms with Crippen LogP contribution in [-0.4, -0.2) is 76.1 Å². The van der Waals surface area contributed by atoms with Gasteiger partial charge in [-0.15, -0.1) is 0 Å². The van der Waals surface area contributed by atoms with E-state index in [1.807, 2.05) is 64.1 Å². The van der Waals surface area contributed by atoms with Crippen molar-refractivity contribution >= 4 is 0 Å². The Morgan fingerprint density at radius 2 is 1.25 bits per heavy atom. The van der Waals surface area contributed by atoms with E-state index in [2.05, 4.69) is 29.2 Å². The summed E-state index contributed by atoms with van der Waals surface area (Å²) in [7, 11) is 0. The van der Waals surface area contributed by atoms with Crippen LogP contribution in [0, 0.1) is 0 Å². The van der Waals surface area contributed by atoms with Gasteiger partial charge >= 0.3 is 0 Å². The topological polar surface area (TPSA) is 89.9 Å². The highest BCUT2D eigenvalue weighted by molar-refractivity contribution is 5.18. The molecule has 2 aromatic rings. The third kappa shape index (κ3) is 5.37.